The molecule has 0 aromatic heterocycles. The van der Waals surface area contributed by atoms with Gasteiger partial charge in [-0.1, -0.05) is 208 Å². The Balaban J connectivity index is 0.000000171. The zero-order valence-electron chi connectivity index (χ0n) is 31.4. The van der Waals surface area contributed by atoms with Crippen LogP contribution >= 0.6 is 0 Å². The van der Waals surface area contributed by atoms with Crippen molar-refractivity contribution in [2.45, 2.75) is 62.3 Å². The van der Waals surface area contributed by atoms with E-state index in [-0.39, 0.29) is 0 Å². The minimum Gasteiger partial charge on any atom is -0.304 e. The molecule has 1 nitrogen and oxygen atoms in total. The van der Waals surface area contributed by atoms with Gasteiger partial charge >= 0.3 is 0 Å². The van der Waals surface area contributed by atoms with Crippen LogP contribution in [0.4, 0.5) is 0 Å². The Morgan fingerprint density at radius 2 is 0.490 bits per heavy atom. The Bertz CT molecular complexity index is 1640. The quantitative estimate of drug-likeness (QED) is 0.184. The summed E-state index contributed by atoms with van der Waals surface area (Å²) in [4.78, 5) is 2.38. The fourth-order valence-electron chi connectivity index (χ4n) is 6.24. The van der Waals surface area contributed by atoms with Crippen LogP contribution in [0.1, 0.15) is 95.7 Å². The molecule has 0 N–H and O–H groups in total. The van der Waals surface area contributed by atoms with Crippen LogP contribution < -0.4 is 0 Å². The van der Waals surface area contributed by atoms with Gasteiger partial charge in [-0.2, -0.15) is 0 Å². The van der Waals surface area contributed by atoms with Crippen molar-refractivity contribution in [1.29, 1.82) is 0 Å². The summed E-state index contributed by atoms with van der Waals surface area (Å²) >= 11 is 0. The van der Waals surface area contributed by atoms with E-state index in [1.54, 1.807) is 0 Å². The molecule has 1 heteroatoms. The number of hydrogen-bond donors (Lipinski definition) is 0. The molecule has 254 valence electrons. The van der Waals surface area contributed by atoms with E-state index in [1.807, 2.05) is 41.5 Å². The normalized spacial score (nSPS) is 11.1. The summed E-state index contributed by atoms with van der Waals surface area (Å²) in [6, 6.07) is 38.6. The van der Waals surface area contributed by atoms with Gasteiger partial charge in [0, 0.05) is 0 Å². The highest BCUT2D eigenvalue weighted by Gasteiger charge is 2.08. The molecule has 0 saturated carbocycles. The van der Waals surface area contributed by atoms with Crippen molar-refractivity contribution in [3.63, 3.8) is 0 Å². The second-order valence-electron chi connectivity index (χ2n) is 11.0. The summed E-state index contributed by atoms with van der Waals surface area (Å²) in [7, 11) is 0. The number of nitrogens with zero attached hydrogens (tertiary/aromatic N) is 1. The maximum atomic E-state index is 2.38. The van der Waals surface area contributed by atoms with Crippen molar-refractivity contribution >= 4 is 68.8 Å². The second-order valence-corrected chi connectivity index (χ2v) is 11.0. The molecule has 3 aliphatic carbocycles. The topological polar surface area (TPSA) is 3.24 Å². The van der Waals surface area contributed by atoms with Gasteiger partial charge in [-0.25, -0.2) is 0 Å². The average molecular weight is 648 g/mol. The van der Waals surface area contributed by atoms with E-state index in [2.05, 4.69) is 171 Å². The Kier molecular flexibility index (Phi) is 16.3. The van der Waals surface area contributed by atoms with Crippen molar-refractivity contribution < 1.29 is 0 Å². The maximum absolute atomic E-state index is 2.38. The van der Waals surface area contributed by atoms with Gasteiger partial charge < -0.3 is 4.90 Å². The summed E-state index contributed by atoms with van der Waals surface area (Å²) < 4.78 is 0. The molecule has 9 rings (SSSR count). The molecule has 3 aliphatic rings. The van der Waals surface area contributed by atoms with E-state index in [0.717, 1.165) is 0 Å². The highest BCUT2D eigenvalue weighted by molar-refractivity contribution is 6.06. The molecule has 0 unspecified atom stereocenters. The molecule has 0 spiro atoms. The molecule has 6 aromatic carbocycles. The monoisotopic (exact) mass is 647 g/mol. The lowest BCUT2D eigenvalue weighted by molar-refractivity contribution is 0.321. The lowest BCUT2D eigenvalue weighted by Crippen LogP contribution is -2.21. The van der Waals surface area contributed by atoms with Gasteiger partial charge in [0.1, 0.15) is 0 Å². The Morgan fingerprint density at radius 1 is 0.306 bits per heavy atom. The van der Waals surface area contributed by atoms with Crippen molar-refractivity contribution in [3.05, 3.63) is 143 Å². The van der Waals surface area contributed by atoms with Gasteiger partial charge in [0.15, 0.2) is 0 Å². The first-order valence-electron chi connectivity index (χ1n) is 18.5. The van der Waals surface area contributed by atoms with E-state index in [1.165, 1.54) is 85.3 Å². The molecule has 0 amide bonds. The highest BCUT2D eigenvalue weighted by Crippen LogP contribution is 2.32. The summed E-state index contributed by atoms with van der Waals surface area (Å²) in [5.74, 6) is 0. The van der Waals surface area contributed by atoms with Crippen molar-refractivity contribution in [2.24, 2.45) is 0 Å². The predicted octanol–water partition coefficient (Wildman–Crippen LogP) is 14.4. The Morgan fingerprint density at radius 3 is 0.633 bits per heavy atom. The minimum absolute atomic E-state index is 1.19. The van der Waals surface area contributed by atoms with Crippen LogP contribution in [0.3, 0.4) is 0 Å². The average Bonchev–Trinajstić information content (AvgIpc) is 3.93. The standard InChI is InChI=1S/3C12H8.C6H15N.3C2H6/c3*1-3-9-4-2-6-11-8-7-10(5-1)12(9)11;1-4-7(5-2)6-3;3*1-2/h3*1-8H;4-6H2,1-3H3;3*1-2H3. The van der Waals surface area contributed by atoms with Gasteiger partial charge in [0.05, 0.1) is 0 Å². The number of hydrogen-bond acceptors (Lipinski definition) is 1. The third-order valence-corrected chi connectivity index (χ3v) is 8.58. The highest BCUT2D eigenvalue weighted by atomic mass is 15.1. The van der Waals surface area contributed by atoms with Crippen LogP contribution in [-0.2, 0) is 0 Å². The first-order chi connectivity index (χ1) is 24.2. The molecule has 0 aliphatic heterocycles. The van der Waals surface area contributed by atoms with Crippen molar-refractivity contribution in [1.82, 2.24) is 4.90 Å². The Labute approximate surface area is 297 Å². The molecule has 49 heavy (non-hydrogen) atoms. The van der Waals surface area contributed by atoms with E-state index >= 15 is 0 Å². The first kappa shape index (κ1) is 38.7. The minimum atomic E-state index is 1.19. The summed E-state index contributed by atoms with van der Waals surface area (Å²) in [6.07, 6.45) is 13.1. The van der Waals surface area contributed by atoms with Gasteiger partial charge in [-0.3, -0.25) is 0 Å². The fourth-order valence-corrected chi connectivity index (χ4v) is 6.24. The predicted molar refractivity (Wildman–Crippen MR) is 226 cm³/mol. The summed E-state index contributed by atoms with van der Waals surface area (Å²) in [5, 5.41) is 8.24. The van der Waals surface area contributed by atoms with Crippen LogP contribution in [0.15, 0.2) is 109 Å². The molecular formula is C48H57N. The number of rotatable bonds is 3. The van der Waals surface area contributed by atoms with Gasteiger partial charge in [0.25, 0.3) is 0 Å². The molecule has 0 atom stereocenters. The molecular weight excluding hydrogens is 591 g/mol. The van der Waals surface area contributed by atoms with Crippen LogP contribution in [-0.4, -0.2) is 24.5 Å². The van der Waals surface area contributed by atoms with Crippen LogP contribution in [0.5, 0.6) is 0 Å². The van der Waals surface area contributed by atoms with Crippen LogP contribution in [0.25, 0.3) is 68.8 Å². The second kappa shape index (κ2) is 20.6. The third kappa shape index (κ3) is 9.46. The Hall–Kier alpha value is -4.72. The van der Waals surface area contributed by atoms with Crippen molar-refractivity contribution in [2.75, 3.05) is 19.6 Å². The van der Waals surface area contributed by atoms with Gasteiger partial charge in [-0.05, 0) is 85.3 Å². The largest absolute Gasteiger partial charge is 0.304 e. The first-order valence-corrected chi connectivity index (χ1v) is 18.5. The molecule has 0 radical (unpaired) electrons. The van der Waals surface area contributed by atoms with Gasteiger partial charge in [-0.15, -0.1) is 0 Å². The van der Waals surface area contributed by atoms with E-state index in [4.69, 9.17) is 0 Å². The SMILES string of the molecule is C1=Cc2cccc3cccc1c23.C1=Cc2cccc3cccc1c23.C1=Cc2cccc3cccc1c23.CC.CC.CC.CCN(CC)CC. The summed E-state index contributed by atoms with van der Waals surface area (Å²) in [5.41, 5.74) is 8.10. The van der Waals surface area contributed by atoms with Crippen LogP contribution in [0.2, 0.25) is 0 Å². The maximum Gasteiger partial charge on any atom is -0.00389 e. The molecule has 0 saturated heterocycles. The molecule has 0 bridgehead atoms. The van der Waals surface area contributed by atoms with Crippen molar-refractivity contribution in [3.8, 4) is 0 Å². The van der Waals surface area contributed by atoms with Gasteiger partial charge in [0.2, 0.25) is 0 Å². The molecule has 0 heterocycles. The zero-order chi connectivity index (χ0) is 35.6. The fraction of sp³-hybridized carbons (Fsp3) is 0.250. The smallest absolute Gasteiger partial charge is 0.00389 e. The van der Waals surface area contributed by atoms with Crippen LogP contribution in [0, 0.1) is 0 Å². The van der Waals surface area contributed by atoms with E-state index < -0.39 is 0 Å². The number of benzene rings is 6. The molecule has 6 aromatic rings. The van der Waals surface area contributed by atoms with E-state index in [0.29, 0.717) is 0 Å². The zero-order valence-corrected chi connectivity index (χ0v) is 31.4. The third-order valence-electron chi connectivity index (χ3n) is 8.58. The van der Waals surface area contributed by atoms with E-state index in [9.17, 15) is 0 Å². The lowest BCUT2D eigenvalue weighted by atomic mass is 10.0. The summed E-state index contributed by atoms with van der Waals surface area (Å²) in [6.45, 7) is 22.1. The molecule has 0 fully saturated rings. The lowest BCUT2D eigenvalue weighted by Gasteiger charge is -2.13.